The van der Waals surface area contributed by atoms with Crippen molar-refractivity contribution in [2.45, 2.75) is 39.7 Å². The van der Waals surface area contributed by atoms with E-state index in [1.807, 2.05) is 0 Å². The second-order valence-corrected chi connectivity index (χ2v) is 5.32. The molecule has 0 saturated carbocycles. The Kier molecular flexibility index (Phi) is 3.20. The zero-order valence-corrected chi connectivity index (χ0v) is 11.0. The highest BCUT2D eigenvalue weighted by Gasteiger charge is 2.15. The van der Waals surface area contributed by atoms with Gasteiger partial charge in [0.15, 0.2) is 0 Å². The Hall–Kier alpha value is -1.35. The number of H-pyrrole nitrogens is 1. The molecule has 0 saturated heterocycles. The lowest BCUT2D eigenvalue weighted by Crippen LogP contribution is -2.17. The molecule has 0 fully saturated rings. The van der Waals surface area contributed by atoms with E-state index in [0.29, 0.717) is 11.8 Å². The van der Waals surface area contributed by atoms with Gasteiger partial charge in [0.05, 0.1) is 17.1 Å². The van der Waals surface area contributed by atoms with Crippen molar-refractivity contribution in [1.82, 2.24) is 9.97 Å². The van der Waals surface area contributed by atoms with Gasteiger partial charge in [-0.25, -0.2) is 4.98 Å². The molecule has 1 unspecified atom stereocenters. The Labute approximate surface area is 102 Å². The molecule has 0 aliphatic rings. The van der Waals surface area contributed by atoms with Gasteiger partial charge in [0.2, 0.25) is 0 Å². The molecule has 0 spiro atoms. The molecule has 1 aromatic heterocycles. The van der Waals surface area contributed by atoms with E-state index in [9.17, 15) is 0 Å². The predicted molar refractivity (Wildman–Crippen MR) is 71.9 cm³/mol. The van der Waals surface area contributed by atoms with Crippen LogP contribution in [0.3, 0.4) is 0 Å². The van der Waals surface area contributed by atoms with Gasteiger partial charge in [-0.05, 0) is 29.5 Å². The van der Waals surface area contributed by atoms with Crippen molar-refractivity contribution in [2.24, 2.45) is 11.7 Å². The van der Waals surface area contributed by atoms with E-state index in [1.165, 1.54) is 5.56 Å². The lowest BCUT2D eigenvalue weighted by molar-refractivity contribution is 0.495. The summed E-state index contributed by atoms with van der Waals surface area (Å²) in [5.41, 5.74) is 9.52. The molecule has 0 radical (unpaired) electrons. The fourth-order valence-corrected chi connectivity index (χ4v) is 1.88. The predicted octanol–water partition coefficient (Wildman–Crippen LogP) is 3.34. The zero-order chi connectivity index (χ0) is 12.6. The molecule has 1 heterocycles. The van der Waals surface area contributed by atoms with Gasteiger partial charge in [0, 0.05) is 0 Å². The van der Waals surface area contributed by atoms with Crippen molar-refractivity contribution in [3.05, 3.63) is 29.6 Å². The lowest BCUT2D eigenvalue weighted by atomic mass is 10.0. The van der Waals surface area contributed by atoms with Gasteiger partial charge in [-0.15, -0.1) is 0 Å². The van der Waals surface area contributed by atoms with E-state index in [0.717, 1.165) is 16.9 Å². The number of nitrogens with two attached hydrogens (primary N) is 1. The summed E-state index contributed by atoms with van der Waals surface area (Å²) in [6, 6.07) is 6.35. The maximum atomic E-state index is 6.11. The first-order chi connectivity index (χ1) is 7.99. The van der Waals surface area contributed by atoms with Crippen molar-refractivity contribution in [3.8, 4) is 0 Å². The number of fused-ring (bicyclic) bond motifs is 1. The van der Waals surface area contributed by atoms with Crippen molar-refractivity contribution in [1.29, 1.82) is 0 Å². The minimum absolute atomic E-state index is 0.0232. The molecule has 3 N–H and O–H groups in total. The fraction of sp³-hybridized carbons (Fsp3) is 0.500. The van der Waals surface area contributed by atoms with Crippen molar-refractivity contribution >= 4 is 11.0 Å². The monoisotopic (exact) mass is 231 g/mol. The Morgan fingerprint density at radius 2 is 1.88 bits per heavy atom. The Balaban J connectivity index is 2.43. The summed E-state index contributed by atoms with van der Waals surface area (Å²) in [5, 5.41) is 0. The van der Waals surface area contributed by atoms with E-state index < -0.39 is 0 Å². The zero-order valence-electron chi connectivity index (χ0n) is 11.0. The molecule has 0 bridgehead atoms. The maximum Gasteiger partial charge on any atom is 0.124 e. The Morgan fingerprint density at radius 1 is 1.18 bits per heavy atom. The quantitative estimate of drug-likeness (QED) is 0.851. The number of hydrogen-bond donors (Lipinski definition) is 2. The van der Waals surface area contributed by atoms with Crippen LogP contribution in [-0.4, -0.2) is 9.97 Å². The summed E-state index contributed by atoms with van der Waals surface area (Å²) in [6.07, 6.45) is 0. The SMILES string of the molecule is CC(C)c1ccc2nc(C(N)C(C)C)[nH]c2c1. The van der Waals surface area contributed by atoms with Crippen LogP contribution in [0.15, 0.2) is 18.2 Å². The average Bonchev–Trinajstić information content (AvgIpc) is 2.69. The van der Waals surface area contributed by atoms with Crippen LogP contribution < -0.4 is 5.73 Å². The van der Waals surface area contributed by atoms with Gasteiger partial charge < -0.3 is 10.7 Å². The summed E-state index contributed by atoms with van der Waals surface area (Å²) >= 11 is 0. The third-order valence-electron chi connectivity index (χ3n) is 3.22. The molecule has 0 amide bonds. The van der Waals surface area contributed by atoms with Crippen LogP contribution in [0.4, 0.5) is 0 Å². The molecular weight excluding hydrogens is 210 g/mol. The van der Waals surface area contributed by atoms with E-state index in [-0.39, 0.29) is 6.04 Å². The van der Waals surface area contributed by atoms with Crippen LogP contribution in [0.1, 0.15) is 51.0 Å². The largest absolute Gasteiger partial charge is 0.341 e. The van der Waals surface area contributed by atoms with Crippen LogP contribution in [0.2, 0.25) is 0 Å². The van der Waals surface area contributed by atoms with Gasteiger partial charge in [0.1, 0.15) is 5.82 Å². The molecule has 0 aliphatic heterocycles. The summed E-state index contributed by atoms with van der Waals surface area (Å²) in [6.45, 7) is 8.60. The Morgan fingerprint density at radius 3 is 2.47 bits per heavy atom. The van der Waals surface area contributed by atoms with E-state index in [4.69, 9.17) is 5.73 Å². The maximum absolute atomic E-state index is 6.11. The molecule has 92 valence electrons. The molecule has 0 aliphatic carbocycles. The molecule has 2 aromatic rings. The minimum Gasteiger partial charge on any atom is -0.341 e. The molecule has 3 heteroatoms. The number of benzene rings is 1. The number of rotatable bonds is 3. The van der Waals surface area contributed by atoms with E-state index >= 15 is 0 Å². The highest BCUT2D eigenvalue weighted by Crippen LogP contribution is 2.23. The van der Waals surface area contributed by atoms with E-state index in [1.54, 1.807) is 0 Å². The van der Waals surface area contributed by atoms with Gasteiger partial charge in [-0.3, -0.25) is 0 Å². The molecule has 1 aromatic carbocycles. The third kappa shape index (κ3) is 2.34. The number of hydrogen-bond acceptors (Lipinski definition) is 2. The normalized spacial score (nSPS) is 13.8. The number of nitrogens with zero attached hydrogens (tertiary/aromatic N) is 1. The first-order valence-corrected chi connectivity index (χ1v) is 6.24. The van der Waals surface area contributed by atoms with Crippen LogP contribution >= 0.6 is 0 Å². The first kappa shape index (κ1) is 12.1. The van der Waals surface area contributed by atoms with Crippen molar-refractivity contribution in [3.63, 3.8) is 0 Å². The third-order valence-corrected chi connectivity index (χ3v) is 3.22. The fourth-order valence-electron chi connectivity index (χ4n) is 1.88. The highest BCUT2D eigenvalue weighted by atomic mass is 15.0. The summed E-state index contributed by atoms with van der Waals surface area (Å²) in [4.78, 5) is 7.89. The number of imidazole rings is 1. The topological polar surface area (TPSA) is 54.7 Å². The number of nitrogens with one attached hydrogen (secondary N) is 1. The van der Waals surface area contributed by atoms with Gasteiger partial charge in [0.25, 0.3) is 0 Å². The van der Waals surface area contributed by atoms with E-state index in [2.05, 4.69) is 55.9 Å². The summed E-state index contributed by atoms with van der Waals surface area (Å²) < 4.78 is 0. The lowest BCUT2D eigenvalue weighted by Gasteiger charge is -2.11. The van der Waals surface area contributed by atoms with Gasteiger partial charge in [-0.1, -0.05) is 33.8 Å². The minimum atomic E-state index is -0.0232. The molecule has 1 atom stereocenters. The second kappa shape index (κ2) is 4.49. The van der Waals surface area contributed by atoms with Gasteiger partial charge in [-0.2, -0.15) is 0 Å². The van der Waals surface area contributed by atoms with Crippen molar-refractivity contribution in [2.75, 3.05) is 0 Å². The molecular formula is C14H21N3. The van der Waals surface area contributed by atoms with Crippen molar-refractivity contribution < 1.29 is 0 Å². The number of aromatic nitrogens is 2. The van der Waals surface area contributed by atoms with Crippen LogP contribution in [0.5, 0.6) is 0 Å². The summed E-state index contributed by atoms with van der Waals surface area (Å²) in [5.74, 6) is 1.81. The smallest absolute Gasteiger partial charge is 0.124 e. The molecule has 17 heavy (non-hydrogen) atoms. The average molecular weight is 231 g/mol. The first-order valence-electron chi connectivity index (χ1n) is 6.24. The standard InChI is InChI=1S/C14H21N3/c1-8(2)10-5-6-11-12(7-10)17-14(16-11)13(15)9(3)4/h5-9,13H,15H2,1-4H3,(H,16,17). The van der Waals surface area contributed by atoms with Gasteiger partial charge >= 0.3 is 0 Å². The highest BCUT2D eigenvalue weighted by molar-refractivity contribution is 5.76. The Bertz CT molecular complexity index is 511. The van der Waals surface area contributed by atoms with Crippen LogP contribution in [0, 0.1) is 5.92 Å². The van der Waals surface area contributed by atoms with Crippen LogP contribution in [0.25, 0.3) is 11.0 Å². The second-order valence-electron chi connectivity index (χ2n) is 5.32. The summed E-state index contributed by atoms with van der Waals surface area (Å²) in [7, 11) is 0. The van der Waals surface area contributed by atoms with Crippen LogP contribution in [-0.2, 0) is 0 Å². The molecule has 2 rings (SSSR count). The molecule has 3 nitrogen and oxygen atoms in total. The number of aromatic amines is 1.